The van der Waals surface area contributed by atoms with Crippen molar-refractivity contribution in [2.24, 2.45) is 0 Å². The Kier molecular flexibility index (Phi) is 12.5. The molecule has 0 fully saturated rings. The Hall–Kier alpha value is -6.56. The van der Waals surface area contributed by atoms with Crippen molar-refractivity contribution in [1.82, 2.24) is 4.57 Å². The van der Waals surface area contributed by atoms with E-state index in [0.717, 1.165) is 31.5 Å². The first-order chi connectivity index (χ1) is 39.3. The lowest BCUT2D eigenvalue weighted by atomic mass is 9.58. The smallest absolute Gasteiger partial charge is 0.198 e. The van der Waals surface area contributed by atoms with Crippen LogP contribution in [0.15, 0.2) is 133 Å². The molecule has 416 valence electrons. The Morgan fingerprint density at radius 3 is 1.63 bits per heavy atom. The summed E-state index contributed by atoms with van der Waals surface area (Å²) in [5, 5.41) is 9.63. The van der Waals surface area contributed by atoms with Gasteiger partial charge in [0.15, 0.2) is 7.28 Å². The summed E-state index contributed by atoms with van der Waals surface area (Å²) in [6, 6.07) is 53.9. The standard InChI is InChI=1S/C77H84BN3S/c1-13-15-17-23-47-29-32-49(33-30-47)79-62-42-52-51-40-57-60(76(9,10)38-36-73(57,3)4)46-69(51)82-68(52)44-50(62)53-43-67(80-63-27-21-19-25-55(63)77(11,12)56-26-20-22-28-64(56)80)70-54-41-58-59(75(7,8)37-35-74(58,5)6)45-66(54)81-65-34-31-48(24-18-16-14-2)39-61(65)78-71(53)72(70)81/h19-22,25-34,39-46,78-79H,13-18,23-24,35-38H2,1-12H3. The number of rotatable bonds is 12. The number of nitrogens with zero attached hydrogens (tertiary/aromatic N) is 2. The van der Waals surface area contributed by atoms with Crippen LogP contribution in [0.25, 0.3) is 58.8 Å². The molecule has 82 heavy (non-hydrogen) atoms. The number of nitrogens with one attached hydrogen (secondary N) is 1. The van der Waals surface area contributed by atoms with Crippen LogP contribution in [0.5, 0.6) is 0 Å². The molecule has 0 bridgehead atoms. The van der Waals surface area contributed by atoms with E-state index in [-0.39, 0.29) is 27.1 Å². The van der Waals surface area contributed by atoms with Crippen LogP contribution in [0, 0.1) is 0 Å². The van der Waals surface area contributed by atoms with Crippen LogP contribution in [0.1, 0.15) is 192 Å². The number of aromatic nitrogens is 1. The summed E-state index contributed by atoms with van der Waals surface area (Å²) in [5.41, 5.74) is 27.2. The van der Waals surface area contributed by atoms with Crippen molar-refractivity contribution in [2.75, 3.05) is 10.2 Å². The van der Waals surface area contributed by atoms with Gasteiger partial charge in [0.25, 0.3) is 0 Å². The second kappa shape index (κ2) is 19.2. The molecule has 0 saturated heterocycles. The second-order valence-electron chi connectivity index (χ2n) is 28.7. The van der Waals surface area contributed by atoms with Gasteiger partial charge < -0.3 is 14.8 Å². The summed E-state index contributed by atoms with van der Waals surface area (Å²) < 4.78 is 5.48. The zero-order valence-corrected chi connectivity index (χ0v) is 52.0. The number of hydrogen-bond donors (Lipinski definition) is 1. The van der Waals surface area contributed by atoms with Gasteiger partial charge in [0, 0.05) is 59.0 Å². The molecule has 10 aromatic rings. The summed E-state index contributed by atoms with van der Waals surface area (Å²) >= 11 is 1.99. The molecule has 14 rings (SSSR count). The molecular weight excluding hydrogens is 1010 g/mol. The van der Waals surface area contributed by atoms with Gasteiger partial charge in [0.2, 0.25) is 0 Å². The largest absolute Gasteiger partial charge is 0.355 e. The Morgan fingerprint density at radius 2 is 1.01 bits per heavy atom. The van der Waals surface area contributed by atoms with Crippen molar-refractivity contribution in [3.8, 4) is 16.8 Å². The fraction of sp³-hybridized carbons (Fsp3) is 0.377. The lowest BCUT2D eigenvalue weighted by molar-refractivity contribution is 0.332. The number of benzene rings is 8. The lowest BCUT2D eigenvalue weighted by Gasteiger charge is -2.42. The van der Waals surface area contributed by atoms with Gasteiger partial charge in [-0.3, -0.25) is 0 Å². The van der Waals surface area contributed by atoms with Crippen LogP contribution in [-0.2, 0) is 39.9 Å². The van der Waals surface area contributed by atoms with Gasteiger partial charge >= 0.3 is 0 Å². The first-order valence-electron chi connectivity index (χ1n) is 31.5. The van der Waals surface area contributed by atoms with E-state index in [9.17, 15) is 0 Å². The normalized spacial score (nSPS) is 17.5. The van der Waals surface area contributed by atoms with Gasteiger partial charge in [-0.15, -0.1) is 11.3 Å². The Bertz CT molecular complexity index is 4180. The van der Waals surface area contributed by atoms with E-state index in [1.807, 2.05) is 11.3 Å². The highest BCUT2D eigenvalue weighted by Gasteiger charge is 2.43. The Labute approximate surface area is 493 Å². The zero-order chi connectivity index (χ0) is 56.8. The maximum Gasteiger partial charge on any atom is 0.198 e. The molecule has 0 saturated carbocycles. The summed E-state index contributed by atoms with van der Waals surface area (Å²) in [5.74, 6) is 0. The Balaban J connectivity index is 1.12. The molecule has 0 amide bonds. The molecule has 2 aromatic heterocycles. The lowest BCUT2D eigenvalue weighted by Crippen LogP contribution is -2.38. The predicted octanol–water partition coefficient (Wildman–Crippen LogP) is 20.5. The molecule has 8 aromatic carbocycles. The van der Waals surface area contributed by atoms with E-state index in [1.54, 1.807) is 0 Å². The molecule has 2 aliphatic carbocycles. The van der Waals surface area contributed by atoms with Gasteiger partial charge in [-0.25, -0.2) is 0 Å². The van der Waals surface area contributed by atoms with Crippen LogP contribution in [-0.4, -0.2) is 11.8 Å². The van der Waals surface area contributed by atoms with Gasteiger partial charge in [-0.1, -0.05) is 175 Å². The minimum absolute atomic E-state index is 0.0367. The fourth-order valence-corrected chi connectivity index (χ4v) is 16.9. The maximum absolute atomic E-state index is 4.20. The summed E-state index contributed by atoms with van der Waals surface area (Å²) in [4.78, 5) is 2.68. The molecule has 5 heteroatoms. The first kappa shape index (κ1) is 53.5. The van der Waals surface area contributed by atoms with Crippen LogP contribution in [0.4, 0.5) is 28.4 Å². The van der Waals surface area contributed by atoms with Crippen LogP contribution in [0.2, 0.25) is 0 Å². The van der Waals surface area contributed by atoms with Crippen LogP contribution < -0.4 is 21.1 Å². The highest BCUT2D eigenvalue weighted by atomic mass is 32.1. The molecule has 4 heterocycles. The number of aryl methyl sites for hydroxylation is 2. The monoisotopic (exact) mass is 1090 g/mol. The molecule has 4 aliphatic rings. The molecule has 0 radical (unpaired) electrons. The third kappa shape index (κ3) is 8.38. The summed E-state index contributed by atoms with van der Waals surface area (Å²) in [7, 11) is 0.851. The number of thiophene rings is 1. The number of unbranched alkanes of at least 4 members (excludes halogenated alkanes) is 4. The number of anilines is 5. The zero-order valence-electron chi connectivity index (χ0n) is 51.2. The second-order valence-corrected chi connectivity index (χ2v) is 29.8. The van der Waals surface area contributed by atoms with Crippen molar-refractivity contribution in [3.05, 3.63) is 178 Å². The summed E-state index contributed by atoms with van der Waals surface area (Å²) in [6.45, 7) is 29.3. The quantitative estimate of drug-likeness (QED) is 0.0972. The van der Waals surface area contributed by atoms with E-state index in [1.165, 1.54) is 195 Å². The van der Waals surface area contributed by atoms with Crippen molar-refractivity contribution in [3.63, 3.8) is 0 Å². The predicted molar refractivity (Wildman–Crippen MR) is 359 cm³/mol. The number of hydrogen-bond acceptors (Lipinski definition) is 3. The average molecular weight is 1090 g/mol. The third-order valence-electron chi connectivity index (χ3n) is 21.0. The average Bonchev–Trinajstić information content (AvgIpc) is 1.68. The first-order valence-corrected chi connectivity index (χ1v) is 32.3. The van der Waals surface area contributed by atoms with Crippen LogP contribution in [0.3, 0.4) is 0 Å². The van der Waals surface area contributed by atoms with Gasteiger partial charge in [-0.05, 0) is 201 Å². The maximum atomic E-state index is 4.20. The van der Waals surface area contributed by atoms with E-state index >= 15 is 0 Å². The molecule has 0 atom stereocenters. The van der Waals surface area contributed by atoms with Crippen molar-refractivity contribution in [1.29, 1.82) is 0 Å². The van der Waals surface area contributed by atoms with Crippen molar-refractivity contribution < 1.29 is 0 Å². The van der Waals surface area contributed by atoms with E-state index < -0.39 is 0 Å². The van der Waals surface area contributed by atoms with E-state index in [2.05, 4.69) is 231 Å². The molecule has 0 spiro atoms. The molecule has 2 aliphatic heterocycles. The topological polar surface area (TPSA) is 20.2 Å². The minimum atomic E-state index is -0.202. The van der Waals surface area contributed by atoms with E-state index in [4.69, 9.17) is 0 Å². The molecule has 3 nitrogen and oxygen atoms in total. The van der Waals surface area contributed by atoms with Crippen LogP contribution >= 0.6 is 11.3 Å². The highest BCUT2D eigenvalue weighted by molar-refractivity contribution is 7.25. The molecule has 0 unspecified atom stereocenters. The molecular formula is C77H84BN3S. The Morgan fingerprint density at radius 1 is 0.476 bits per heavy atom. The number of para-hydroxylation sites is 2. The third-order valence-corrected chi connectivity index (χ3v) is 22.1. The molecule has 1 N–H and O–H groups in total. The minimum Gasteiger partial charge on any atom is -0.355 e. The highest BCUT2D eigenvalue weighted by Crippen LogP contribution is 2.57. The van der Waals surface area contributed by atoms with Crippen molar-refractivity contribution in [2.45, 2.75) is 187 Å². The van der Waals surface area contributed by atoms with E-state index in [0.29, 0.717) is 0 Å². The number of fused-ring (bicyclic) bond motifs is 12. The van der Waals surface area contributed by atoms with Crippen molar-refractivity contribution >= 4 is 100.0 Å². The SMILES string of the molecule is CCCCCc1ccc(Nc2cc3c(cc2-c2cc(N4c5ccccc5C(C)(C)c5ccccc54)c4c5cc6c(cc5n5c4c2Bc2cc(CCCCC)ccc2-5)C(C)(C)CCC6(C)C)sc2cc4c(cc23)C(C)(C)CCC4(C)C)cc1. The van der Waals surface area contributed by atoms with Gasteiger partial charge in [0.05, 0.1) is 28.1 Å². The van der Waals surface area contributed by atoms with Gasteiger partial charge in [0.1, 0.15) is 0 Å². The van der Waals surface area contributed by atoms with Gasteiger partial charge in [-0.2, -0.15) is 0 Å². The fourth-order valence-electron chi connectivity index (χ4n) is 15.7. The summed E-state index contributed by atoms with van der Waals surface area (Å²) in [6.07, 6.45) is 14.4.